The van der Waals surface area contributed by atoms with Crippen molar-refractivity contribution >= 4 is 24.2 Å². The summed E-state index contributed by atoms with van der Waals surface area (Å²) in [6.45, 7) is 5.03. The lowest BCUT2D eigenvalue weighted by atomic mass is 9.80. The molecule has 0 aliphatic carbocycles. The summed E-state index contributed by atoms with van der Waals surface area (Å²) < 4.78 is 10.8. The number of pyridine rings is 1. The Morgan fingerprint density at radius 2 is 1.93 bits per heavy atom. The predicted molar refractivity (Wildman–Crippen MR) is 57.9 cm³/mol. The van der Waals surface area contributed by atoms with Gasteiger partial charge in [-0.1, -0.05) is 11.6 Å². The molecule has 1 aromatic heterocycles. The zero-order valence-electron chi connectivity index (χ0n) is 8.37. The first-order valence-corrected chi connectivity index (χ1v) is 4.99. The van der Waals surface area contributed by atoms with E-state index in [0.29, 0.717) is 18.2 Å². The Bertz CT molecular complexity index is 279. The molecule has 0 saturated carbocycles. The highest BCUT2D eigenvalue weighted by Crippen LogP contribution is 2.03. The van der Waals surface area contributed by atoms with E-state index in [4.69, 9.17) is 20.9 Å². The minimum Gasteiger partial charge on any atom is -0.408 e. The number of rotatable bonds is 5. The smallest absolute Gasteiger partial charge is 0.408 e. The summed E-state index contributed by atoms with van der Waals surface area (Å²) in [5.41, 5.74) is 0.848. The molecule has 1 aromatic rings. The fourth-order valence-electron chi connectivity index (χ4n) is 1.10. The monoisotopic (exact) mass is 213 g/mol. The maximum absolute atomic E-state index is 5.82. The van der Waals surface area contributed by atoms with Crippen molar-refractivity contribution in [2.75, 3.05) is 13.2 Å². The Morgan fingerprint density at radius 3 is 2.43 bits per heavy atom. The lowest BCUT2D eigenvalue weighted by molar-refractivity contribution is 0.225. The average Bonchev–Trinajstić information content (AvgIpc) is 2.17. The molecule has 0 aliphatic heterocycles. The minimum atomic E-state index is -0.365. The second-order valence-corrected chi connectivity index (χ2v) is 3.12. The molecule has 14 heavy (non-hydrogen) atoms. The van der Waals surface area contributed by atoms with Crippen LogP contribution in [0.25, 0.3) is 0 Å². The molecule has 0 unspecified atom stereocenters. The molecule has 3 nitrogen and oxygen atoms in total. The van der Waals surface area contributed by atoms with Crippen molar-refractivity contribution in [3.8, 4) is 0 Å². The molecule has 0 N–H and O–H groups in total. The van der Waals surface area contributed by atoms with Crippen molar-refractivity contribution in [3.05, 3.63) is 23.5 Å². The Balaban J connectivity index is 2.75. The van der Waals surface area contributed by atoms with Crippen LogP contribution >= 0.6 is 11.6 Å². The third-order valence-electron chi connectivity index (χ3n) is 1.63. The van der Waals surface area contributed by atoms with E-state index in [1.807, 2.05) is 13.8 Å². The maximum atomic E-state index is 5.82. The number of hydrogen-bond donors (Lipinski definition) is 0. The summed E-state index contributed by atoms with van der Waals surface area (Å²) in [5.74, 6) is 0. The highest BCUT2D eigenvalue weighted by atomic mass is 35.5. The molecule has 0 atom stereocenters. The van der Waals surface area contributed by atoms with E-state index in [1.54, 1.807) is 18.5 Å². The van der Waals surface area contributed by atoms with E-state index in [9.17, 15) is 0 Å². The molecule has 0 saturated heterocycles. The molecule has 76 valence electrons. The van der Waals surface area contributed by atoms with Crippen molar-refractivity contribution in [2.24, 2.45) is 0 Å². The van der Waals surface area contributed by atoms with Crippen LogP contribution in [0, 0.1) is 0 Å². The van der Waals surface area contributed by atoms with E-state index in [2.05, 4.69) is 4.98 Å². The first kappa shape index (κ1) is 11.5. The van der Waals surface area contributed by atoms with Gasteiger partial charge in [-0.05, 0) is 19.9 Å². The van der Waals surface area contributed by atoms with Gasteiger partial charge in [0.15, 0.2) is 0 Å². The standard InChI is InChI=1S/C9H13BClNO2/c1-3-13-10(14-4-2)8-5-9(11)7-12-6-8/h5-7H,3-4H2,1-2H3. The molecule has 1 rings (SSSR count). The van der Waals surface area contributed by atoms with E-state index >= 15 is 0 Å². The van der Waals surface area contributed by atoms with Crippen molar-refractivity contribution in [2.45, 2.75) is 13.8 Å². The largest absolute Gasteiger partial charge is 0.495 e. The van der Waals surface area contributed by atoms with Gasteiger partial charge in [0.2, 0.25) is 0 Å². The van der Waals surface area contributed by atoms with Gasteiger partial charge in [-0.15, -0.1) is 0 Å². The molecule has 0 amide bonds. The van der Waals surface area contributed by atoms with Crippen molar-refractivity contribution in [1.29, 1.82) is 0 Å². The predicted octanol–water partition coefficient (Wildman–Crippen LogP) is 1.50. The van der Waals surface area contributed by atoms with E-state index in [-0.39, 0.29) is 7.12 Å². The van der Waals surface area contributed by atoms with Crippen LogP contribution in [0.4, 0.5) is 0 Å². The summed E-state index contributed by atoms with van der Waals surface area (Å²) >= 11 is 5.82. The molecule has 0 aromatic carbocycles. The van der Waals surface area contributed by atoms with Crippen LogP contribution in [0.3, 0.4) is 0 Å². The Kier molecular flexibility index (Phi) is 4.94. The highest BCUT2D eigenvalue weighted by molar-refractivity contribution is 6.61. The number of nitrogens with zero attached hydrogens (tertiary/aromatic N) is 1. The zero-order chi connectivity index (χ0) is 10.4. The van der Waals surface area contributed by atoms with E-state index < -0.39 is 0 Å². The van der Waals surface area contributed by atoms with Crippen molar-refractivity contribution < 1.29 is 9.31 Å². The van der Waals surface area contributed by atoms with Crippen molar-refractivity contribution in [1.82, 2.24) is 4.98 Å². The molecule has 1 heterocycles. The van der Waals surface area contributed by atoms with Crippen LogP contribution in [0.15, 0.2) is 18.5 Å². The summed E-state index contributed by atoms with van der Waals surface area (Å²) in [4.78, 5) is 3.98. The van der Waals surface area contributed by atoms with Gasteiger partial charge in [0, 0.05) is 31.1 Å². The van der Waals surface area contributed by atoms with E-state index in [1.165, 1.54) is 0 Å². The van der Waals surface area contributed by atoms with Gasteiger partial charge in [-0.3, -0.25) is 4.98 Å². The first-order chi connectivity index (χ1) is 6.77. The molecule has 0 spiro atoms. The summed E-state index contributed by atoms with van der Waals surface area (Å²) in [5, 5.41) is 0.590. The third-order valence-corrected chi connectivity index (χ3v) is 1.84. The van der Waals surface area contributed by atoms with Gasteiger partial charge in [0.1, 0.15) is 0 Å². The second-order valence-electron chi connectivity index (χ2n) is 2.68. The highest BCUT2D eigenvalue weighted by Gasteiger charge is 2.20. The van der Waals surface area contributed by atoms with Gasteiger partial charge in [-0.2, -0.15) is 0 Å². The second kappa shape index (κ2) is 6.01. The van der Waals surface area contributed by atoms with Gasteiger partial charge in [0.25, 0.3) is 0 Å². The van der Waals surface area contributed by atoms with Crippen LogP contribution < -0.4 is 5.46 Å². The minimum absolute atomic E-state index is 0.365. The zero-order valence-corrected chi connectivity index (χ0v) is 9.12. The summed E-state index contributed by atoms with van der Waals surface area (Å²) in [6.07, 6.45) is 3.28. The summed E-state index contributed by atoms with van der Waals surface area (Å²) in [7, 11) is -0.365. The van der Waals surface area contributed by atoms with Crippen LogP contribution in [-0.2, 0) is 9.31 Å². The lowest BCUT2D eigenvalue weighted by Crippen LogP contribution is -2.37. The first-order valence-electron chi connectivity index (χ1n) is 4.61. The molecule has 0 aliphatic rings. The van der Waals surface area contributed by atoms with Crippen molar-refractivity contribution in [3.63, 3.8) is 0 Å². The average molecular weight is 213 g/mol. The van der Waals surface area contributed by atoms with Gasteiger partial charge in [-0.25, -0.2) is 0 Å². The van der Waals surface area contributed by atoms with Gasteiger partial charge >= 0.3 is 7.12 Å². The Labute approximate surface area is 89.5 Å². The molecule has 0 fully saturated rings. The SMILES string of the molecule is CCOB(OCC)c1cncc(Cl)c1. The fraction of sp³-hybridized carbons (Fsp3) is 0.444. The number of halogens is 1. The van der Waals surface area contributed by atoms with Gasteiger partial charge < -0.3 is 9.31 Å². The van der Waals surface area contributed by atoms with Gasteiger partial charge in [0.05, 0.1) is 5.02 Å². The quantitative estimate of drug-likeness (QED) is 0.695. The Hall–Kier alpha value is -0.575. The molecule has 0 radical (unpaired) electrons. The normalized spacial score (nSPS) is 10.2. The molecular formula is C9H13BClNO2. The summed E-state index contributed by atoms with van der Waals surface area (Å²) in [6, 6.07) is 1.80. The van der Waals surface area contributed by atoms with Crippen LogP contribution in [0.5, 0.6) is 0 Å². The lowest BCUT2D eigenvalue weighted by Gasteiger charge is -2.11. The molecular weight excluding hydrogens is 200 g/mol. The van der Waals surface area contributed by atoms with Crippen LogP contribution in [-0.4, -0.2) is 25.3 Å². The van der Waals surface area contributed by atoms with Crippen LogP contribution in [0.1, 0.15) is 13.8 Å². The topological polar surface area (TPSA) is 31.4 Å². The maximum Gasteiger partial charge on any atom is 0.495 e. The fourth-order valence-corrected chi connectivity index (χ4v) is 1.28. The third kappa shape index (κ3) is 3.29. The number of hydrogen-bond acceptors (Lipinski definition) is 3. The van der Waals surface area contributed by atoms with E-state index in [0.717, 1.165) is 5.46 Å². The molecule has 5 heteroatoms. The van der Waals surface area contributed by atoms with Crippen LogP contribution in [0.2, 0.25) is 5.02 Å². The Morgan fingerprint density at radius 1 is 1.29 bits per heavy atom. The number of aromatic nitrogens is 1. The molecule has 0 bridgehead atoms.